The lowest BCUT2D eigenvalue weighted by Gasteiger charge is -2.12. The number of nitrogen functional groups attached to an aromatic ring is 1. The van der Waals surface area contributed by atoms with E-state index in [0.29, 0.717) is 11.5 Å². The summed E-state index contributed by atoms with van der Waals surface area (Å²) in [5.74, 6) is 0.698. The van der Waals surface area contributed by atoms with Crippen LogP contribution in [0.5, 0.6) is 0 Å². The van der Waals surface area contributed by atoms with Gasteiger partial charge in [0.25, 0.3) is 0 Å². The van der Waals surface area contributed by atoms with Crippen molar-refractivity contribution in [2.75, 3.05) is 5.73 Å². The van der Waals surface area contributed by atoms with Crippen molar-refractivity contribution in [2.45, 2.75) is 13.8 Å². The predicted molar refractivity (Wildman–Crippen MR) is 86.2 cm³/mol. The van der Waals surface area contributed by atoms with Crippen LogP contribution in [0.25, 0.3) is 17.1 Å². The molecule has 0 radical (unpaired) electrons. The number of anilines is 1. The third-order valence-corrected chi connectivity index (χ3v) is 3.76. The van der Waals surface area contributed by atoms with Crippen LogP contribution in [0.15, 0.2) is 40.9 Å². The van der Waals surface area contributed by atoms with Gasteiger partial charge in [0.1, 0.15) is 0 Å². The molecule has 21 heavy (non-hydrogen) atoms. The lowest BCUT2D eigenvalue weighted by Crippen LogP contribution is -2.04. The van der Waals surface area contributed by atoms with Crippen LogP contribution >= 0.6 is 15.9 Å². The van der Waals surface area contributed by atoms with E-state index >= 15 is 0 Å². The first-order valence-corrected chi connectivity index (χ1v) is 7.27. The standard InChI is InChI=1S/C15H14BrN5/c1-9-7-12(16)8-10(2)14(9)21-15(18-19-20-21)11-3-5-13(17)6-4-11/h3-8H,17H2,1-2H3. The minimum atomic E-state index is 0.698. The average Bonchev–Trinajstić information content (AvgIpc) is 2.87. The summed E-state index contributed by atoms with van der Waals surface area (Å²) in [6.07, 6.45) is 0. The monoisotopic (exact) mass is 343 g/mol. The fourth-order valence-electron chi connectivity index (χ4n) is 2.39. The van der Waals surface area contributed by atoms with Gasteiger partial charge in [-0.25, -0.2) is 0 Å². The van der Waals surface area contributed by atoms with Crippen LogP contribution in [-0.2, 0) is 0 Å². The van der Waals surface area contributed by atoms with Crippen LogP contribution in [0, 0.1) is 13.8 Å². The topological polar surface area (TPSA) is 69.6 Å². The molecule has 0 amide bonds. The van der Waals surface area contributed by atoms with Gasteiger partial charge in [-0.15, -0.1) is 5.10 Å². The largest absolute Gasteiger partial charge is 0.399 e. The number of halogens is 1. The molecular formula is C15H14BrN5. The molecule has 3 aromatic rings. The van der Waals surface area contributed by atoms with Crippen LogP contribution < -0.4 is 5.73 Å². The van der Waals surface area contributed by atoms with E-state index in [9.17, 15) is 0 Å². The van der Waals surface area contributed by atoms with Gasteiger partial charge >= 0.3 is 0 Å². The molecular weight excluding hydrogens is 330 g/mol. The lowest BCUT2D eigenvalue weighted by atomic mass is 10.1. The van der Waals surface area contributed by atoms with Gasteiger partial charge in [0.05, 0.1) is 5.69 Å². The van der Waals surface area contributed by atoms with Crippen molar-refractivity contribution in [3.8, 4) is 17.1 Å². The molecule has 0 saturated heterocycles. The summed E-state index contributed by atoms with van der Waals surface area (Å²) in [4.78, 5) is 0. The van der Waals surface area contributed by atoms with Gasteiger partial charge in [0, 0.05) is 15.7 Å². The number of benzene rings is 2. The molecule has 0 bridgehead atoms. The van der Waals surface area contributed by atoms with Crippen molar-refractivity contribution < 1.29 is 0 Å². The van der Waals surface area contributed by atoms with Gasteiger partial charge < -0.3 is 5.73 Å². The molecule has 3 rings (SSSR count). The summed E-state index contributed by atoms with van der Waals surface area (Å²) < 4.78 is 2.81. The van der Waals surface area contributed by atoms with E-state index in [0.717, 1.165) is 26.9 Å². The molecule has 2 aromatic carbocycles. The zero-order valence-corrected chi connectivity index (χ0v) is 13.3. The highest BCUT2D eigenvalue weighted by Gasteiger charge is 2.15. The third-order valence-electron chi connectivity index (χ3n) is 3.31. The molecule has 5 nitrogen and oxygen atoms in total. The van der Waals surface area contributed by atoms with E-state index < -0.39 is 0 Å². The van der Waals surface area contributed by atoms with Crippen LogP contribution in [-0.4, -0.2) is 20.2 Å². The predicted octanol–water partition coefficient (Wildman–Crippen LogP) is 3.29. The van der Waals surface area contributed by atoms with E-state index in [1.165, 1.54) is 0 Å². The Hall–Kier alpha value is -2.21. The number of rotatable bonds is 2. The number of hydrogen-bond donors (Lipinski definition) is 1. The Morgan fingerprint density at radius 1 is 1.05 bits per heavy atom. The molecule has 2 N–H and O–H groups in total. The summed E-state index contributed by atoms with van der Waals surface area (Å²) >= 11 is 3.51. The second-order valence-corrected chi connectivity index (χ2v) is 5.84. The van der Waals surface area contributed by atoms with Crippen molar-refractivity contribution >= 4 is 21.6 Å². The highest BCUT2D eigenvalue weighted by Crippen LogP contribution is 2.27. The molecule has 6 heteroatoms. The van der Waals surface area contributed by atoms with Gasteiger partial charge in [-0.2, -0.15) is 4.68 Å². The molecule has 0 saturated carbocycles. The van der Waals surface area contributed by atoms with E-state index in [1.54, 1.807) is 4.68 Å². The Morgan fingerprint density at radius 2 is 1.67 bits per heavy atom. The quantitative estimate of drug-likeness (QED) is 0.725. The summed E-state index contributed by atoms with van der Waals surface area (Å²) in [7, 11) is 0. The van der Waals surface area contributed by atoms with Crippen LogP contribution in [0.2, 0.25) is 0 Å². The summed E-state index contributed by atoms with van der Waals surface area (Å²) in [5, 5.41) is 12.1. The molecule has 0 atom stereocenters. The van der Waals surface area contributed by atoms with Gasteiger partial charge in [-0.3, -0.25) is 0 Å². The highest BCUT2D eigenvalue weighted by molar-refractivity contribution is 9.10. The van der Waals surface area contributed by atoms with Crippen LogP contribution in [0.4, 0.5) is 5.69 Å². The maximum Gasteiger partial charge on any atom is 0.187 e. The molecule has 0 aliphatic rings. The van der Waals surface area contributed by atoms with E-state index in [4.69, 9.17) is 5.73 Å². The second kappa shape index (κ2) is 5.29. The number of aromatic nitrogens is 4. The fourth-order valence-corrected chi connectivity index (χ4v) is 3.07. The summed E-state index contributed by atoms with van der Waals surface area (Å²) in [6, 6.07) is 11.6. The van der Waals surface area contributed by atoms with Crippen molar-refractivity contribution in [3.05, 3.63) is 52.0 Å². The fraction of sp³-hybridized carbons (Fsp3) is 0.133. The Morgan fingerprint density at radius 3 is 2.29 bits per heavy atom. The third kappa shape index (κ3) is 2.54. The molecule has 0 fully saturated rings. The Kier molecular flexibility index (Phi) is 3.47. The van der Waals surface area contributed by atoms with Gasteiger partial charge in [0.2, 0.25) is 0 Å². The Balaban J connectivity index is 2.18. The first-order chi connectivity index (χ1) is 10.1. The first-order valence-electron chi connectivity index (χ1n) is 6.47. The van der Waals surface area contributed by atoms with Crippen molar-refractivity contribution in [2.24, 2.45) is 0 Å². The first kappa shape index (κ1) is 13.8. The van der Waals surface area contributed by atoms with Crippen molar-refractivity contribution in [1.29, 1.82) is 0 Å². The zero-order valence-electron chi connectivity index (χ0n) is 11.7. The Labute approximate surface area is 130 Å². The van der Waals surface area contributed by atoms with Crippen LogP contribution in [0.3, 0.4) is 0 Å². The van der Waals surface area contributed by atoms with E-state index in [1.807, 2.05) is 38.1 Å². The van der Waals surface area contributed by atoms with E-state index in [2.05, 4.69) is 43.6 Å². The van der Waals surface area contributed by atoms with Crippen molar-refractivity contribution in [3.63, 3.8) is 0 Å². The molecule has 0 aliphatic carbocycles. The highest BCUT2D eigenvalue weighted by atomic mass is 79.9. The zero-order chi connectivity index (χ0) is 15.0. The minimum absolute atomic E-state index is 0.698. The number of nitrogens with two attached hydrogens (primary N) is 1. The molecule has 1 heterocycles. The smallest absolute Gasteiger partial charge is 0.187 e. The summed E-state index contributed by atoms with van der Waals surface area (Å²) in [5.41, 5.74) is 10.6. The van der Waals surface area contributed by atoms with Gasteiger partial charge in [-0.1, -0.05) is 15.9 Å². The lowest BCUT2D eigenvalue weighted by molar-refractivity contribution is 0.783. The molecule has 106 valence electrons. The van der Waals surface area contributed by atoms with E-state index in [-0.39, 0.29) is 0 Å². The molecule has 0 spiro atoms. The minimum Gasteiger partial charge on any atom is -0.399 e. The Bertz CT molecular complexity index is 769. The van der Waals surface area contributed by atoms with Crippen molar-refractivity contribution in [1.82, 2.24) is 20.2 Å². The summed E-state index contributed by atoms with van der Waals surface area (Å²) in [6.45, 7) is 4.09. The SMILES string of the molecule is Cc1cc(Br)cc(C)c1-n1nnnc1-c1ccc(N)cc1. The number of hydrogen-bond acceptors (Lipinski definition) is 4. The normalized spacial score (nSPS) is 10.8. The van der Waals surface area contributed by atoms with Gasteiger partial charge in [0.15, 0.2) is 5.82 Å². The number of nitrogens with zero attached hydrogens (tertiary/aromatic N) is 4. The number of aryl methyl sites for hydroxylation is 2. The average molecular weight is 344 g/mol. The maximum atomic E-state index is 5.73. The molecule has 1 aromatic heterocycles. The second-order valence-electron chi connectivity index (χ2n) is 4.92. The van der Waals surface area contributed by atoms with Gasteiger partial charge in [-0.05, 0) is 71.8 Å². The maximum absolute atomic E-state index is 5.73. The molecule has 0 aliphatic heterocycles. The molecule has 0 unspecified atom stereocenters. The number of tetrazole rings is 1. The van der Waals surface area contributed by atoms with Crippen LogP contribution in [0.1, 0.15) is 11.1 Å².